The zero-order valence-electron chi connectivity index (χ0n) is 6.28. The van der Waals surface area contributed by atoms with Crippen molar-refractivity contribution in [3.05, 3.63) is 0 Å². The van der Waals surface area contributed by atoms with Crippen molar-refractivity contribution in [2.75, 3.05) is 18.0 Å². The van der Waals surface area contributed by atoms with E-state index in [-0.39, 0.29) is 0 Å². The van der Waals surface area contributed by atoms with Gasteiger partial charge in [-0.25, -0.2) is 0 Å². The van der Waals surface area contributed by atoms with Crippen molar-refractivity contribution in [1.82, 2.24) is 5.32 Å². The normalized spacial score (nSPS) is 13.7. The first-order chi connectivity index (χ1) is 4.31. The lowest BCUT2D eigenvalue weighted by molar-refractivity contribution is 0.509. The molecule has 0 aliphatic heterocycles. The van der Waals surface area contributed by atoms with E-state index in [1.54, 1.807) is 0 Å². The molecule has 0 saturated heterocycles. The van der Waals surface area contributed by atoms with Crippen molar-refractivity contribution < 1.29 is 0 Å². The first kappa shape index (κ1) is 9.69. The van der Waals surface area contributed by atoms with Crippen LogP contribution in [0.5, 0.6) is 0 Å². The van der Waals surface area contributed by atoms with Gasteiger partial charge in [-0.15, -0.1) is 0 Å². The Morgan fingerprint density at radius 3 is 2.56 bits per heavy atom. The first-order valence-corrected chi connectivity index (χ1v) is 5.04. The molecular formula is C7H16IN. The molecular weight excluding hydrogens is 225 g/mol. The molecule has 0 aliphatic carbocycles. The lowest BCUT2D eigenvalue weighted by Gasteiger charge is -2.07. The van der Waals surface area contributed by atoms with Crippen LogP contribution in [0.25, 0.3) is 0 Å². The van der Waals surface area contributed by atoms with E-state index in [0.717, 1.165) is 12.5 Å². The van der Waals surface area contributed by atoms with Gasteiger partial charge in [0.2, 0.25) is 0 Å². The van der Waals surface area contributed by atoms with Crippen LogP contribution in [-0.2, 0) is 0 Å². The summed E-state index contributed by atoms with van der Waals surface area (Å²) < 4.78 is 1.29. The van der Waals surface area contributed by atoms with Crippen LogP contribution >= 0.6 is 22.6 Å². The van der Waals surface area contributed by atoms with Gasteiger partial charge < -0.3 is 5.32 Å². The maximum absolute atomic E-state index is 3.15. The maximum atomic E-state index is 3.15. The second-order valence-electron chi connectivity index (χ2n) is 2.48. The van der Waals surface area contributed by atoms with E-state index in [1.807, 2.05) is 7.05 Å². The van der Waals surface area contributed by atoms with Gasteiger partial charge in [0.15, 0.2) is 0 Å². The van der Waals surface area contributed by atoms with Crippen LogP contribution in [0.2, 0.25) is 0 Å². The van der Waals surface area contributed by atoms with Gasteiger partial charge in [-0.3, -0.25) is 0 Å². The highest BCUT2D eigenvalue weighted by Gasteiger charge is 1.97. The van der Waals surface area contributed by atoms with Gasteiger partial charge in [-0.1, -0.05) is 29.5 Å². The lowest BCUT2D eigenvalue weighted by Crippen LogP contribution is -2.11. The quantitative estimate of drug-likeness (QED) is 0.573. The summed E-state index contributed by atoms with van der Waals surface area (Å²) in [6.45, 7) is 3.48. The minimum atomic E-state index is 0.898. The highest BCUT2D eigenvalue weighted by Crippen LogP contribution is 2.07. The third-order valence-corrected chi connectivity index (χ3v) is 2.11. The van der Waals surface area contributed by atoms with Gasteiger partial charge >= 0.3 is 0 Å². The van der Waals surface area contributed by atoms with Crippen LogP contribution in [0.1, 0.15) is 19.8 Å². The zero-order valence-corrected chi connectivity index (χ0v) is 8.44. The van der Waals surface area contributed by atoms with E-state index in [2.05, 4.69) is 34.8 Å². The van der Waals surface area contributed by atoms with E-state index < -0.39 is 0 Å². The first-order valence-electron chi connectivity index (χ1n) is 3.51. The van der Waals surface area contributed by atoms with E-state index in [1.165, 1.54) is 17.3 Å². The third-order valence-electron chi connectivity index (χ3n) is 1.49. The Balaban J connectivity index is 2.95. The molecule has 56 valence electrons. The maximum Gasteiger partial charge on any atom is -0.000219 e. The highest BCUT2D eigenvalue weighted by atomic mass is 127. The van der Waals surface area contributed by atoms with Crippen molar-refractivity contribution >= 4 is 22.6 Å². The summed E-state index contributed by atoms with van der Waals surface area (Å²) in [7, 11) is 2.01. The number of alkyl halides is 1. The molecule has 1 unspecified atom stereocenters. The molecule has 0 bridgehead atoms. The summed E-state index contributed by atoms with van der Waals surface area (Å²) in [6, 6.07) is 0. The molecule has 0 aromatic heterocycles. The summed E-state index contributed by atoms with van der Waals surface area (Å²) in [5.74, 6) is 0.898. The molecule has 0 radical (unpaired) electrons. The van der Waals surface area contributed by atoms with Crippen molar-refractivity contribution in [1.29, 1.82) is 0 Å². The molecule has 0 heterocycles. The second kappa shape index (κ2) is 6.81. The standard InChI is InChI=1S/C7H16IN/c1-7(3-5-8)4-6-9-2/h7,9H,3-6H2,1-2H3. The van der Waals surface area contributed by atoms with Gasteiger partial charge in [0.05, 0.1) is 0 Å². The molecule has 9 heavy (non-hydrogen) atoms. The smallest absolute Gasteiger partial charge is 0.000219 e. The minimum absolute atomic E-state index is 0.898. The summed E-state index contributed by atoms with van der Waals surface area (Å²) in [5.41, 5.74) is 0. The Morgan fingerprint density at radius 2 is 2.11 bits per heavy atom. The highest BCUT2D eigenvalue weighted by molar-refractivity contribution is 14.1. The monoisotopic (exact) mass is 241 g/mol. The number of rotatable bonds is 5. The molecule has 0 saturated carbocycles. The molecule has 0 aromatic carbocycles. The van der Waals surface area contributed by atoms with Crippen molar-refractivity contribution in [2.45, 2.75) is 19.8 Å². The number of hydrogen-bond donors (Lipinski definition) is 1. The summed E-state index contributed by atoms with van der Waals surface area (Å²) in [4.78, 5) is 0. The van der Waals surface area contributed by atoms with E-state index >= 15 is 0 Å². The molecule has 0 aliphatic rings. The molecule has 1 N–H and O–H groups in total. The molecule has 2 heteroatoms. The fourth-order valence-corrected chi connectivity index (χ4v) is 1.78. The average molecular weight is 241 g/mol. The molecule has 1 nitrogen and oxygen atoms in total. The summed E-state index contributed by atoms with van der Waals surface area (Å²) >= 11 is 2.43. The Hall–Kier alpha value is 0.690. The fourth-order valence-electron chi connectivity index (χ4n) is 0.721. The minimum Gasteiger partial charge on any atom is -0.320 e. The Morgan fingerprint density at radius 1 is 1.44 bits per heavy atom. The summed E-state index contributed by atoms with van der Waals surface area (Å²) in [6.07, 6.45) is 2.68. The second-order valence-corrected chi connectivity index (χ2v) is 3.55. The van der Waals surface area contributed by atoms with Crippen LogP contribution in [0.4, 0.5) is 0 Å². The van der Waals surface area contributed by atoms with Crippen molar-refractivity contribution in [2.24, 2.45) is 5.92 Å². The van der Waals surface area contributed by atoms with E-state index in [4.69, 9.17) is 0 Å². The molecule has 0 spiro atoms. The van der Waals surface area contributed by atoms with Gasteiger partial charge in [-0.05, 0) is 36.8 Å². The van der Waals surface area contributed by atoms with Crippen LogP contribution in [0.3, 0.4) is 0 Å². The summed E-state index contributed by atoms with van der Waals surface area (Å²) in [5, 5.41) is 3.15. The molecule has 0 amide bonds. The van der Waals surface area contributed by atoms with Gasteiger partial charge in [0.25, 0.3) is 0 Å². The molecule has 0 aromatic rings. The Labute approximate surface area is 71.7 Å². The predicted octanol–water partition coefficient (Wildman–Crippen LogP) is 2.06. The van der Waals surface area contributed by atoms with Crippen LogP contribution in [0, 0.1) is 5.92 Å². The molecule has 0 fully saturated rings. The van der Waals surface area contributed by atoms with E-state index in [0.29, 0.717) is 0 Å². The van der Waals surface area contributed by atoms with Gasteiger partial charge in [-0.2, -0.15) is 0 Å². The van der Waals surface area contributed by atoms with Crippen LogP contribution < -0.4 is 5.32 Å². The fraction of sp³-hybridized carbons (Fsp3) is 1.00. The van der Waals surface area contributed by atoms with Crippen molar-refractivity contribution in [3.63, 3.8) is 0 Å². The van der Waals surface area contributed by atoms with Crippen LogP contribution in [0.15, 0.2) is 0 Å². The number of hydrogen-bond acceptors (Lipinski definition) is 1. The average Bonchev–Trinajstić information content (AvgIpc) is 1.85. The van der Waals surface area contributed by atoms with Gasteiger partial charge in [0, 0.05) is 0 Å². The SMILES string of the molecule is CNCCC(C)CCI. The molecule has 1 atom stereocenters. The van der Waals surface area contributed by atoms with E-state index in [9.17, 15) is 0 Å². The molecule has 0 rings (SSSR count). The number of nitrogens with one attached hydrogen (secondary N) is 1. The third kappa shape index (κ3) is 6.58. The van der Waals surface area contributed by atoms with Crippen molar-refractivity contribution in [3.8, 4) is 0 Å². The van der Waals surface area contributed by atoms with Crippen LogP contribution in [-0.4, -0.2) is 18.0 Å². The van der Waals surface area contributed by atoms with Gasteiger partial charge in [0.1, 0.15) is 0 Å². The Bertz CT molecular complexity index is 56.9. The lowest BCUT2D eigenvalue weighted by atomic mass is 10.1. The largest absolute Gasteiger partial charge is 0.320 e. The predicted molar refractivity (Wildman–Crippen MR) is 51.2 cm³/mol. The topological polar surface area (TPSA) is 12.0 Å². The Kier molecular flexibility index (Phi) is 7.33. The number of halogens is 1. The zero-order chi connectivity index (χ0) is 7.11.